The average molecular weight is 1930 g/mol. The summed E-state index contributed by atoms with van der Waals surface area (Å²) in [5, 5.41) is 337. The molecule has 0 aliphatic carbocycles. The number of aliphatic hydroxyl groups excluding tert-OH is 24. The fraction of sp³-hybridized carbons (Fsp3) is 0.545. The van der Waals surface area contributed by atoms with Crippen LogP contribution in [0.2, 0.25) is 0 Å². The topological polar surface area (TPSA) is 797 Å². The summed E-state index contributed by atoms with van der Waals surface area (Å²) in [5.74, 6) is -27.5. The minimum absolute atomic E-state index is 0.221. The highest BCUT2D eigenvalue weighted by atomic mass is 16.8. The van der Waals surface area contributed by atoms with Crippen molar-refractivity contribution in [2.75, 3.05) is 26.4 Å². The van der Waals surface area contributed by atoms with Crippen molar-refractivity contribution in [1.82, 2.24) is 31.7 Å². The molecule has 4 heterocycles. The molecule has 0 bridgehead atoms. The molecule has 0 spiro atoms. The van der Waals surface area contributed by atoms with Gasteiger partial charge in [0.1, 0.15) is 97.7 Å². The number of rotatable bonds is 42. The number of hydrogen-bond donors (Lipinski definition) is 32. The third-order valence-corrected chi connectivity index (χ3v) is 24.9. The minimum Gasteiger partial charge on any atom is -0.394 e. The number of hydrogen-bond acceptors (Lipinski definition) is 42. The van der Waals surface area contributed by atoms with Gasteiger partial charge in [0.05, 0.1) is 50.8 Å². The number of benzene rings is 6. The first-order valence-electron chi connectivity index (χ1n) is 43.2. The Morgan fingerprint density at radius 3 is 0.684 bits per heavy atom. The van der Waals surface area contributed by atoms with Gasteiger partial charge in [-0.05, 0) is 83.0 Å². The fourth-order valence-corrected chi connectivity index (χ4v) is 16.9. The smallest absolute Gasteiger partial charge is 0.275 e. The number of aliphatic hydroxyl groups is 28. The molecule has 0 aromatic heterocycles. The lowest BCUT2D eigenvalue weighted by Gasteiger charge is -2.65. The van der Waals surface area contributed by atoms with E-state index >= 15 is 9.59 Å². The van der Waals surface area contributed by atoms with Crippen LogP contribution >= 0.6 is 0 Å². The Hall–Kier alpha value is -9.04. The van der Waals surface area contributed by atoms with E-state index in [4.69, 9.17) is 38.3 Å². The number of carbonyl (C=O) groups excluding carboxylic acids is 6. The third kappa shape index (κ3) is 20.6. The maximum absolute atomic E-state index is 17.4. The highest BCUT2D eigenvalue weighted by Crippen LogP contribution is 2.56. The molecular formula is C88H118N6O42. The van der Waals surface area contributed by atoms with E-state index in [1.165, 1.54) is 149 Å². The van der Waals surface area contributed by atoms with Crippen LogP contribution in [0.4, 0.5) is 0 Å². The molecule has 4 aliphatic rings. The zero-order valence-electron chi connectivity index (χ0n) is 73.5. The van der Waals surface area contributed by atoms with Crippen molar-refractivity contribution >= 4 is 46.2 Å². The van der Waals surface area contributed by atoms with Crippen molar-refractivity contribution in [1.29, 1.82) is 0 Å². The first-order valence-corrected chi connectivity index (χ1v) is 43.2. The van der Waals surface area contributed by atoms with Gasteiger partial charge < -0.3 is 162 Å². The summed E-state index contributed by atoms with van der Waals surface area (Å²) >= 11 is 0. The molecule has 6 amide bonds. The molecule has 752 valence electrons. The molecule has 136 heavy (non-hydrogen) atoms. The molecule has 48 heteroatoms. The molecule has 6 aromatic carbocycles. The summed E-state index contributed by atoms with van der Waals surface area (Å²) in [6, 6.07) is 30.2. The zero-order valence-corrected chi connectivity index (χ0v) is 73.5. The first-order chi connectivity index (χ1) is 64.3. The Morgan fingerprint density at radius 1 is 0.316 bits per heavy atom. The van der Waals surface area contributed by atoms with Gasteiger partial charge in [0, 0.05) is 36.8 Å². The largest absolute Gasteiger partial charge is 0.394 e. The van der Waals surface area contributed by atoms with Gasteiger partial charge >= 0.3 is 0 Å². The zero-order chi connectivity index (χ0) is 100. The molecule has 4 aliphatic heterocycles. The molecule has 0 radical (unpaired) electrons. The maximum atomic E-state index is 17.4. The van der Waals surface area contributed by atoms with E-state index in [-0.39, 0.29) is 47.9 Å². The van der Waals surface area contributed by atoms with E-state index in [0.29, 0.717) is 12.1 Å². The summed E-state index contributed by atoms with van der Waals surface area (Å²) in [4.78, 5) is 115. The quantitative estimate of drug-likeness (QED) is 0.0125. The molecule has 6 aromatic rings. The predicted molar refractivity (Wildman–Crippen MR) is 454 cm³/mol. The van der Waals surface area contributed by atoms with Crippen LogP contribution in [0.1, 0.15) is 96.3 Å². The molecule has 4 saturated heterocycles. The van der Waals surface area contributed by atoms with Crippen molar-refractivity contribution in [3.05, 3.63) is 191 Å². The van der Waals surface area contributed by atoms with E-state index in [1.54, 1.807) is 21.9 Å². The third-order valence-electron chi connectivity index (χ3n) is 24.9. The van der Waals surface area contributed by atoms with Crippen molar-refractivity contribution < 1.29 is 210 Å². The highest BCUT2D eigenvalue weighted by molar-refractivity contribution is 6.03. The lowest BCUT2D eigenvalue weighted by molar-refractivity contribution is -0.494. The molecule has 0 saturated carbocycles. The van der Waals surface area contributed by atoms with Crippen LogP contribution in [-0.2, 0) is 83.2 Å². The van der Waals surface area contributed by atoms with Crippen LogP contribution in [0.25, 0.3) is 10.8 Å². The number of ether oxygens (including phenoxy) is 4. The van der Waals surface area contributed by atoms with Gasteiger partial charge in [-0.25, -0.2) is 41.3 Å². The van der Waals surface area contributed by atoms with Crippen LogP contribution in [-0.4, -0.2) is 407 Å². The van der Waals surface area contributed by atoms with Crippen LogP contribution < -0.4 is 21.9 Å². The minimum atomic E-state index is -4.60. The van der Waals surface area contributed by atoms with Gasteiger partial charge in [0.2, 0.25) is 46.0 Å². The number of nitrogens with zero attached hydrogens (tertiary/aromatic N) is 2. The number of nitrogens with one attached hydrogen (secondary N) is 4. The monoisotopic (exact) mass is 1930 g/mol. The van der Waals surface area contributed by atoms with Gasteiger partial charge in [0.15, 0.2) is 24.4 Å². The van der Waals surface area contributed by atoms with E-state index in [2.05, 4.69) is 0 Å². The van der Waals surface area contributed by atoms with Crippen LogP contribution in [0.3, 0.4) is 0 Å². The van der Waals surface area contributed by atoms with Crippen LogP contribution in [0.15, 0.2) is 158 Å². The van der Waals surface area contributed by atoms with E-state index in [9.17, 15) is 162 Å². The Kier molecular flexibility index (Phi) is 36.1. The molecular weight excluding hydrogens is 1810 g/mol. The predicted octanol–water partition coefficient (Wildman–Crippen LogP) is -11.2. The summed E-state index contributed by atoms with van der Waals surface area (Å²) in [6.07, 6.45) is -70.0. The molecule has 10 rings (SSSR count). The maximum Gasteiger partial charge on any atom is 0.275 e. The normalized spacial score (nSPS) is 32.4. The van der Waals surface area contributed by atoms with Gasteiger partial charge in [0.25, 0.3) is 35.4 Å². The Bertz CT molecular complexity index is 4420. The average Bonchev–Trinajstić information content (AvgIpc) is 0.679. The van der Waals surface area contributed by atoms with E-state index in [1.807, 2.05) is 0 Å². The SMILES string of the molecule is CC[C@@H](O)[C@H](O)[C@H](O)C(=O)NO[C@@]1(Cc2ccccc2)O[C@H](CO)[C@@H](O)[C@H](O)[C@@]1(O)N(C(=O)c1ccc2cc(C(=O)N([C@]3(O)[C@@H](O)[C@H](O)[C@@H](CO)O[C@]3(Cc3ccccc3)ONC(=O)[C@@H](O)[C@@H](O)[C@H](O)CC)[C@]3(O)[C@@H](O)[C@H](O)[C@@H](CO)O[C@]3(Cc3ccccc3)ONC(=O)[C@@H](O)[C@@H](O)[C@H](O)CC)ccc2c1)[C@]1(O)[C@@H](O)[C@H](O)[C@@H](CO)O[C@]1(Cc1ccccc1)ONC(=O)[C@@H](O)[C@@H](O)[C@H](O)CC. The molecule has 48 nitrogen and oxygen atoms in total. The summed E-state index contributed by atoms with van der Waals surface area (Å²) in [7, 11) is 0. The number of amides is 6. The van der Waals surface area contributed by atoms with Gasteiger partial charge in [-0.1, -0.05) is 161 Å². The number of hydroxylamine groups is 4. The summed E-state index contributed by atoms with van der Waals surface area (Å²) < 4.78 is 25.2. The van der Waals surface area contributed by atoms with Crippen molar-refractivity contribution in [2.24, 2.45) is 0 Å². The lowest BCUT2D eigenvalue weighted by Crippen LogP contribution is -2.90. The molecule has 0 unspecified atom stereocenters. The Morgan fingerprint density at radius 2 is 0.507 bits per heavy atom. The van der Waals surface area contributed by atoms with E-state index in [0.717, 1.165) is 24.3 Å². The fourth-order valence-electron chi connectivity index (χ4n) is 16.9. The Balaban J connectivity index is 1.31. The summed E-state index contributed by atoms with van der Waals surface area (Å²) in [5.41, 5.74) is -14.7. The Labute approximate surface area is 774 Å². The van der Waals surface area contributed by atoms with Crippen molar-refractivity contribution in [3.63, 3.8) is 0 Å². The van der Waals surface area contributed by atoms with E-state index < -0.39 is 312 Å². The highest BCUT2D eigenvalue weighted by Gasteiger charge is 2.82. The first kappa shape index (κ1) is 109. The van der Waals surface area contributed by atoms with Crippen molar-refractivity contribution in [2.45, 2.75) is 272 Å². The number of fused-ring (bicyclic) bond motifs is 1. The number of carbonyl (C=O) groups is 6. The van der Waals surface area contributed by atoms with Crippen LogP contribution in [0, 0.1) is 0 Å². The standard InChI is InChI=1S/C88H118N6O42/c1-5-51(99)59(103)67(111)75(119)89-133-81(35-43-21-13-9-14-22-43)85(125,71(115)63(107)55(39-95)129-81)93(86(126)72(116)64(108)56(40-96)130-82(86,36-44-23-15-10-16-24-44)134-90-76(120)68(112)60(104)52(100)6-2)79(123)49-31-29-48-34-50(32-30-47(48)33-49)80(124)94(87(127)73(117)65(109)57(41-97)131-83(87,37-45-25-17-11-18-26-45)135-91-77(121)69(113)61(105)53(101)7-3)88(128)74(118)66(110)58(42-98)132-84(88,38-46-27-19-12-20-28-46)136-92-78(122)70(114)62(106)54(102)8-4/h9-34,51-74,95-118,125-128H,5-8,35-42H2,1-4H3,(H,89,119)(H,90,120)(H,91,121)(H,92,122)/t51-,52-,53-,54-,55-,56-,57-,58-,59+,60+,61+,62+,63-,64-,65-,66-,67+,68+,69+,70+,71+,72+,73+,74+,81-,82-,83-,84-,85+,86+,87+,88+/m1/s1. The summed E-state index contributed by atoms with van der Waals surface area (Å²) in [6.45, 7) is -0.657. The van der Waals surface area contributed by atoms with Crippen molar-refractivity contribution in [3.8, 4) is 0 Å². The van der Waals surface area contributed by atoms with Gasteiger partial charge in [-0.2, -0.15) is 0 Å². The van der Waals surface area contributed by atoms with Gasteiger partial charge in [-0.3, -0.25) is 38.6 Å². The van der Waals surface area contributed by atoms with Crippen LogP contribution in [0.5, 0.6) is 0 Å². The molecule has 32 atom stereocenters. The molecule has 32 N–H and O–H groups in total. The molecule has 4 fully saturated rings. The lowest BCUT2D eigenvalue weighted by atomic mass is 9.75. The second-order valence-corrected chi connectivity index (χ2v) is 33.6. The second-order valence-electron chi connectivity index (χ2n) is 33.6. The second kappa shape index (κ2) is 45.0. The van der Waals surface area contributed by atoms with Gasteiger partial charge in [-0.15, -0.1) is 0 Å².